The number of nitrogens with one attached hydrogen (secondary N) is 1. The van der Waals surface area contributed by atoms with Gasteiger partial charge in [0.15, 0.2) is 0 Å². The fourth-order valence-corrected chi connectivity index (χ4v) is 6.62. The number of anilines is 1. The number of hydrogen-bond acceptors (Lipinski definition) is 4. The molecule has 0 aromatic heterocycles. The van der Waals surface area contributed by atoms with E-state index in [0.717, 1.165) is 32.1 Å². The fourth-order valence-electron chi connectivity index (χ4n) is 5.09. The van der Waals surface area contributed by atoms with Gasteiger partial charge in [0, 0.05) is 24.0 Å². The molecule has 0 saturated heterocycles. The van der Waals surface area contributed by atoms with Crippen molar-refractivity contribution in [2.45, 2.75) is 64.6 Å². The van der Waals surface area contributed by atoms with Crippen molar-refractivity contribution in [1.82, 2.24) is 10.2 Å². The molecule has 9 heteroatoms. The van der Waals surface area contributed by atoms with Gasteiger partial charge < -0.3 is 10.2 Å². The third-order valence-corrected chi connectivity index (χ3v) is 9.64. The van der Waals surface area contributed by atoms with Gasteiger partial charge in [0.1, 0.15) is 12.6 Å². The molecular weight excluding hydrogens is 606 g/mol. The molecule has 0 aliphatic heterocycles. The number of aryl methyl sites for hydroxylation is 3. The van der Waals surface area contributed by atoms with Crippen molar-refractivity contribution in [2.24, 2.45) is 0 Å². The van der Waals surface area contributed by atoms with Crippen LogP contribution in [0.3, 0.4) is 0 Å². The van der Waals surface area contributed by atoms with Gasteiger partial charge in [-0.25, -0.2) is 8.42 Å². The summed E-state index contributed by atoms with van der Waals surface area (Å²) in [6, 6.07) is 27.3. The second kappa shape index (κ2) is 14.8. The van der Waals surface area contributed by atoms with E-state index < -0.39 is 28.5 Å². The van der Waals surface area contributed by atoms with Gasteiger partial charge in [-0.05, 0) is 93.3 Å². The predicted octanol–water partition coefficient (Wildman–Crippen LogP) is 6.63. The molecule has 0 unspecified atom stereocenters. The van der Waals surface area contributed by atoms with Gasteiger partial charge >= 0.3 is 0 Å². The normalized spacial score (nSPS) is 12.1. The lowest BCUT2D eigenvalue weighted by atomic mass is 10.0. The van der Waals surface area contributed by atoms with E-state index in [2.05, 4.69) is 5.32 Å². The molecule has 0 aliphatic rings. The minimum Gasteiger partial charge on any atom is -0.352 e. The second-order valence-electron chi connectivity index (χ2n) is 11.6. The van der Waals surface area contributed by atoms with Crippen LogP contribution in [0, 0.1) is 20.8 Å². The fraction of sp³-hybridized carbons (Fsp3) is 0.278. The van der Waals surface area contributed by atoms with Crippen molar-refractivity contribution < 1.29 is 18.0 Å². The molecule has 0 aliphatic carbocycles. The maximum Gasteiger partial charge on any atom is 0.264 e. The molecule has 236 valence electrons. The minimum atomic E-state index is -4.21. The van der Waals surface area contributed by atoms with Crippen molar-refractivity contribution >= 4 is 39.1 Å². The lowest BCUT2D eigenvalue weighted by Gasteiger charge is -2.34. The maximum atomic E-state index is 14.5. The quantitative estimate of drug-likeness (QED) is 0.188. The van der Waals surface area contributed by atoms with E-state index in [0.29, 0.717) is 10.7 Å². The molecule has 0 saturated carbocycles. The van der Waals surface area contributed by atoms with E-state index in [1.807, 2.05) is 95.3 Å². The molecule has 7 nitrogen and oxygen atoms in total. The molecule has 0 fully saturated rings. The zero-order valence-electron chi connectivity index (χ0n) is 26.3. The summed E-state index contributed by atoms with van der Waals surface area (Å²) in [5.74, 6) is -0.819. The zero-order valence-corrected chi connectivity index (χ0v) is 27.9. The third-order valence-electron chi connectivity index (χ3n) is 7.60. The van der Waals surface area contributed by atoms with Crippen LogP contribution in [0.15, 0.2) is 102 Å². The summed E-state index contributed by atoms with van der Waals surface area (Å²) < 4.78 is 29.5. The van der Waals surface area contributed by atoms with Gasteiger partial charge in [0.2, 0.25) is 11.8 Å². The molecule has 4 aromatic carbocycles. The second-order valence-corrected chi connectivity index (χ2v) is 13.9. The minimum absolute atomic E-state index is 0.00143. The molecule has 0 bridgehead atoms. The van der Waals surface area contributed by atoms with E-state index in [4.69, 9.17) is 11.6 Å². The molecule has 2 amide bonds. The Bertz CT molecular complexity index is 1740. The van der Waals surface area contributed by atoms with Gasteiger partial charge in [0.05, 0.1) is 10.6 Å². The SMILES string of the molecule is Cc1cccc(CN(C(=O)CN(c2ccc(C)c(C)c2)S(=O)(=O)c2ccc(Cl)cc2)[C@@H](Cc2ccccc2)C(=O)NC(C)C)c1. The van der Waals surface area contributed by atoms with Crippen molar-refractivity contribution in [1.29, 1.82) is 0 Å². The van der Waals surface area contributed by atoms with Crippen molar-refractivity contribution in [2.75, 3.05) is 10.8 Å². The standard InChI is InChI=1S/C36H40ClN3O4S/c1-25(2)38-36(42)34(22-29-11-7-6-8-12-29)39(23-30-13-9-10-26(3)20-30)35(41)24-40(32-17-14-27(4)28(5)21-32)45(43,44)33-18-15-31(37)16-19-33/h6-21,25,34H,22-24H2,1-5H3,(H,38,42)/t34-/m0/s1. The Morgan fingerprint density at radius 2 is 1.47 bits per heavy atom. The lowest BCUT2D eigenvalue weighted by Crippen LogP contribution is -2.54. The van der Waals surface area contributed by atoms with Crippen LogP contribution in [-0.2, 0) is 32.6 Å². The largest absolute Gasteiger partial charge is 0.352 e. The van der Waals surface area contributed by atoms with Crippen LogP contribution < -0.4 is 9.62 Å². The van der Waals surface area contributed by atoms with Crippen LogP contribution in [0.5, 0.6) is 0 Å². The molecule has 1 atom stereocenters. The van der Waals surface area contributed by atoms with E-state index in [1.165, 1.54) is 29.2 Å². The average molecular weight is 646 g/mol. The van der Waals surface area contributed by atoms with Gasteiger partial charge in [-0.15, -0.1) is 0 Å². The highest BCUT2D eigenvalue weighted by molar-refractivity contribution is 7.92. The first-order valence-electron chi connectivity index (χ1n) is 14.9. The molecular formula is C36H40ClN3O4S. The summed E-state index contributed by atoms with van der Waals surface area (Å²) in [6.45, 7) is 9.12. The Morgan fingerprint density at radius 1 is 0.800 bits per heavy atom. The molecule has 0 heterocycles. The van der Waals surface area contributed by atoms with Crippen LogP contribution in [0.25, 0.3) is 0 Å². The molecule has 4 aromatic rings. The Hall–Kier alpha value is -4.14. The van der Waals surface area contributed by atoms with Gasteiger partial charge in [-0.3, -0.25) is 13.9 Å². The number of rotatable bonds is 12. The maximum absolute atomic E-state index is 14.5. The zero-order chi connectivity index (χ0) is 32.7. The first-order chi connectivity index (χ1) is 21.3. The van der Waals surface area contributed by atoms with Gasteiger partial charge in [0.25, 0.3) is 10.0 Å². The summed E-state index contributed by atoms with van der Waals surface area (Å²) >= 11 is 6.07. The summed E-state index contributed by atoms with van der Waals surface area (Å²) in [7, 11) is -4.21. The highest BCUT2D eigenvalue weighted by Crippen LogP contribution is 2.28. The smallest absolute Gasteiger partial charge is 0.264 e. The van der Waals surface area contributed by atoms with Crippen LogP contribution in [0.4, 0.5) is 5.69 Å². The molecule has 1 N–H and O–H groups in total. The first kappa shape index (κ1) is 33.7. The monoisotopic (exact) mass is 645 g/mol. The number of hydrogen-bond donors (Lipinski definition) is 1. The Kier molecular flexibility index (Phi) is 11.1. The first-order valence-corrected chi connectivity index (χ1v) is 16.7. The third kappa shape index (κ3) is 8.74. The average Bonchev–Trinajstić information content (AvgIpc) is 2.99. The summed E-state index contributed by atoms with van der Waals surface area (Å²) in [5.41, 5.74) is 4.94. The number of carbonyl (C=O) groups excluding carboxylic acids is 2. The predicted molar refractivity (Wildman–Crippen MR) is 181 cm³/mol. The van der Waals surface area contributed by atoms with Crippen LogP contribution in [0.2, 0.25) is 5.02 Å². The van der Waals surface area contributed by atoms with Crippen molar-refractivity contribution in [3.05, 3.63) is 130 Å². The lowest BCUT2D eigenvalue weighted by molar-refractivity contribution is -0.140. The molecule has 0 spiro atoms. The highest BCUT2D eigenvalue weighted by Gasteiger charge is 2.35. The van der Waals surface area contributed by atoms with Crippen molar-refractivity contribution in [3.63, 3.8) is 0 Å². The van der Waals surface area contributed by atoms with Crippen LogP contribution in [-0.4, -0.2) is 43.8 Å². The number of sulfonamides is 1. The number of benzene rings is 4. The number of nitrogens with zero attached hydrogens (tertiary/aromatic N) is 2. The number of carbonyl (C=O) groups is 2. The summed E-state index contributed by atoms with van der Waals surface area (Å²) in [5, 5.41) is 3.37. The van der Waals surface area contributed by atoms with E-state index in [9.17, 15) is 18.0 Å². The molecule has 0 radical (unpaired) electrons. The Balaban J connectivity index is 1.82. The van der Waals surface area contributed by atoms with Crippen LogP contribution >= 0.6 is 11.6 Å². The summed E-state index contributed by atoms with van der Waals surface area (Å²) in [6.07, 6.45) is 0.254. The molecule has 4 rings (SSSR count). The number of amides is 2. The molecule has 45 heavy (non-hydrogen) atoms. The van der Waals surface area contributed by atoms with Crippen LogP contribution in [0.1, 0.15) is 41.7 Å². The Labute approximate surface area is 271 Å². The van der Waals surface area contributed by atoms with Gasteiger partial charge in [-0.1, -0.05) is 77.8 Å². The summed E-state index contributed by atoms with van der Waals surface area (Å²) in [4.78, 5) is 29.8. The van der Waals surface area contributed by atoms with E-state index in [1.54, 1.807) is 12.1 Å². The van der Waals surface area contributed by atoms with E-state index >= 15 is 0 Å². The topological polar surface area (TPSA) is 86.8 Å². The van der Waals surface area contributed by atoms with Gasteiger partial charge in [-0.2, -0.15) is 0 Å². The van der Waals surface area contributed by atoms with Crippen molar-refractivity contribution in [3.8, 4) is 0 Å². The van der Waals surface area contributed by atoms with E-state index in [-0.39, 0.29) is 29.8 Å². The Morgan fingerprint density at radius 3 is 2.09 bits per heavy atom. The number of halogens is 1. The highest BCUT2D eigenvalue weighted by atomic mass is 35.5.